The van der Waals surface area contributed by atoms with Gasteiger partial charge in [-0.15, -0.1) is 0 Å². The molecule has 3 N–H and O–H groups in total. The zero-order valence-electron chi connectivity index (χ0n) is 10.1. The van der Waals surface area contributed by atoms with Crippen LogP contribution in [0.1, 0.15) is 5.56 Å². The predicted octanol–water partition coefficient (Wildman–Crippen LogP) is 1.91. The molecule has 0 aliphatic rings. The normalized spacial score (nSPS) is 11.3. The fourth-order valence-electron chi connectivity index (χ4n) is 1.55. The van der Waals surface area contributed by atoms with Gasteiger partial charge in [-0.2, -0.15) is 0 Å². The van der Waals surface area contributed by atoms with E-state index in [0.717, 1.165) is 23.8 Å². The molecule has 0 atom stereocenters. The molecule has 0 fully saturated rings. The van der Waals surface area contributed by atoms with E-state index in [9.17, 15) is 12.8 Å². The van der Waals surface area contributed by atoms with E-state index in [4.69, 9.17) is 5.73 Å². The fourth-order valence-corrected chi connectivity index (χ4v) is 2.66. The van der Waals surface area contributed by atoms with Crippen LogP contribution in [0.5, 0.6) is 0 Å². The van der Waals surface area contributed by atoms with Crippen molar-refractivity contribution in [1.29, 1.82) is 0 Å². The van der Waals surface area contributed by atoms with Gasteiger partial charge in [0, 0.05) is 6.20 Å². The lowest BCUT2D eigenvalue weighted by atomic mass is 10.3. The van der Waals surface area contributed by atoms with E-state index in [1.165, 1.54) is 6.20 Å². The Morgan fingerprint density at radius 3 is 2.63 bits per heavy atom. The number of hydrogen-bond acceptors (Lipinski definition) is 4. The zero-order chi connectivity index (χ0) is 14.0. The van der Waals surface area contributed by atoms with Crippen LogP contribution in [-0.2, 0) is 10.0 Å². The van der Waals surface area contributed by atoms with Gasteiger partial charge >= 0.3 is 0 Å². The lowest BCUT2D eigenvalue weighted by Gasteiger charge is -2.09. The molecule has 0 saturated heterocycles. The van der Waals surface area contributed by atoms with Gasteiger partial charge in [-0.05, 0) is 42.8 Å². The van der Waals surface area contributed by atoms with Crippen molar-refractivity contribution in [3.63, 3.8) is 0 Å². The largest absolute Gasteiger partial charge is 0.398 e. The summed E-state index contributed by atoms with van der Waals surface area (Å²) in [4.78, 5) is 3.71. The number of sulfonamides is 1. The van der Waals surface area contributed by atoms with E-state index >= 15 is 0 Å². The highest BCUT2D eigenvalue weighted by atomic mass is 32.2. The van der Waals surface area contributed by atoms with Crippen molar-refractivity contribution in [1.82, 2.24) is 4.98 Å². The number of hydrogen-bond donors (Lipinski definition) is 2. The number of benzene rings is 1. The minimum Gasteiger partial charge on any atom is -0.398 e. The standard InChI is InChI=1S/C12H12FN3O2S/c1-8-4-5-15-12(6-8)16-19(17,18)11-3-2-9(13)7-10(11)14/h2-7H,14H2,1H3,(H,15,16). The number of nitrogen functional groups attached to an aromatic ring is 1. The first-order chi connectivity index (χ1) is 8.88. The minimum absolute atomic E-state index is 0.153. The molecule has 0 aliphatic heterocycles. The maximum Gasteiger partial charge on any atom is 0.265 e. The third-order valence-electron chi connectivity index (χ3n) is 2.42. The van der Waals surface area contributed by atoms with Crippen LogP contribution in [0.25, 0.3) is 0 Å². The molecule has 1 aromatic heterocycles. The van der Waals surface area contributed by atoms with Crippen LogP contribution < -0.4 is 10.5 Å². The summed E-state index contributed by atoms with van der Waals surface area (Å²) in [6.45, 7) is 1.81. The summed E-state index contributed by atoms with van der Waals surface area (Å²) in [5.41, 5.74) is 6.22. The van der Waals surface area contributed by atoms with E-state index in [0.29, 0.717) is 0 Å². The molecule has 1 heterocycles. The molecule has 2 rings (SSSR count). The molecule has 19 heavy (non-hydrogen) atoms. The molecule has 5 nitrogen and oxygen atoms in total. The van der Waals surface area contributed by atoms with Gasteiger partial charge in [0.1, 0.15) is 16.5 Å². The van der Waals surface area contributed by atoms with Crippen LogP contribution in [0.4, 0.5) is 15.9 Å². The average Bonchev–Trinajstić information content (AvgIpc) is 2.27. The maximum absolute atomic E-state index is 12.9. The van der Waals surface area contributed by atoms with E-state index < -0.39 is 15.8 Å². The molecule has 0 aliphatic carbocycles. The Hall–Kier alpha value is -2.15. The van der Waals surface area contributed by atoms with Gasteiger partial charge in [0.25, 0.3) is 10.0 Å². The van der Waals surface area contributed by atoms with Gasteiger partial charge in [0.15, 0.2) is 0 Å². The summed E-state index contributed by atoms with van der Waals surface area (Å²) in [5, 5.41) is 0. The van der Waals surface area contributed by atoms with Gasteiger partial charge in [-0.1, -0.05) is 0 Å². The summed E-state index contributed by atoms with van der Waals surface area (Å²) in [5.74, 6) is -0.408. The molecular formula is C12H12FN3O2S. The van der Waals surface area contributed by atoms with Crippen LogP contribution >= 0.6 is 0 Å². The molecule has 2 aromatic rings. The number of nitrogens with one attached hydrogen (secondary N) is 1. The van der Waals surface area contributed by atoms with Crippen LogP contribution in [0.3, 0.4) is 0 Å². The Balaban J connectivity index is 2.38. The van der Waals surface area contributed by atoms with Crippen molar-refractivity contribution < 1.29 is 12.8 Å². The van der Waals surface area contributed by atoms with Crippen LogP contribution in [0.15, 0.2) is 41.4 Å². The van der Waals surface area contributed by atoms with Crippen LogP contribution in [-0.4, -0.2) is 13.4 Å². The Morgan fingerprint density at radius 1 is 1.26 bits per heavy atom. The second-order valence-electron chi connectivity index (χ2n) is 4.01. The molecule has 0 unspecified atom stereocenters. The number of aryl methyl sites for hydroxylation is 1. The summed E-state index contributed by atoms with van der Waals surface area (Å²) in [6.07, 6.45) is 1.49. The maximum atomic E-state index is 12.9. The van der Waals surface area contributed by atoms with E-state index in [2.05, 4.69) is 9.71 Å². The highest BCUT2D eigenvalue weighted by Crippen LogP contribution is 2.21. The lowest BCUT2D eigenvalue weighted by molar-refractivity contribution is 0.600. The van der Waals surface area contributed by atoms with Crippen LogP contribution in [0, 0.1) is 12.7 Å². The molecule has 1 aromatic carbocycles. The molecule has 100 valence electrons. The molecule has 0 bridgehead atoms. The molecule has 0 amide bonds. The summed E-state index contributed by atoms with van der Waals surface area (Å²) < 4.78 is 39.4. The van der Waals surface area contributed by atoms with Crippen LogP contribution in [0.2, 0.25) is 0 Å². The van der Waals surface area contributed by atoms with Crippen molar-refractivity contribution in [3.05, 3.63) is 47.9 Å². The monoisotopic (exact) mass is 281 g/mol. The zero-order valence-corrected chi connectivity index (χ0v) is 10.9. The smallest absolute Gasteiger partial charge is 0.265 e. The minimum atomic E-state index is -3.88. The molecule has 0 saturated carbocycles. The highest BCUT2D eigenvalue weighted by Gasteiger charge is 2.18. The van der Waals surface area contributed by atoms with E-state index in [1.54, 1.807) is 12.1 Å². The third-order valence-corrected chi connectivity index (χ3v) is 3.84. The third kappa shape index (κ3) is 3.00. The summed E-state index contributed by atoms with van der Waals surface area (Å²) in [7, 11) is -3.88. The van der Waals surface area contributed by atoms with Crippen molar-refractivity contribution in [2.24, 2.45) is 0 Å². The number of nitrogens with two attached hydrogens (primary N) is 1. The van der Waals surface area contributed by atoms with Gasteiger partial charge < -0.3 is 5.73 Å². The lowest BCUT2D eigenvalue weighted by Crippen LogP contribution is -2.15. The van der Waals surface area contributed by atoms with Crippen molar-refractivity contribution >= 4 is 21.5 Å². The molecule has 7 heteroatoms. The van der Waals surface area contributed by atoms with Gasteiger partial charge in [-0.25, -0.2) is 17.8 Å². The first kappa shape index (κ1) is 13.3. The topological polar surface area (TPSA) is 85.1 Å². The highest BCUT2D eigenvalue weighted by molar-refractivity contribution is 7.92. The molecule has 0 spiro atoms. The quantitative estimate of drug-likeness (QED) is 0.842. The number of pyridine rings is 1. The summed E-state index contributed by atoms with van der Waals surface area (Å²) in [6, 6.07) is 6.43. The Kier molecular flexibility index (Phi) is 3.39. The fraction of sp³-hybridized carbons (Fsp3) is 0.0833. The number of anilines is 2. The predicted molar refractivity (Wildman–Crippen MR) is 70.6 cm³/mol. The number of aromatic nitrogens is 1. The van der Waals surface area contributed by atoms with E-state index in [-0.39, 0.29) is 16.4 Å². The van der Waals surface area contributed by atoms with Gasteiger partial charge in [0.05, 0.1) is 5.69 Å². The van der Waals surface area contributed by atoms with Crippen molar-refractivity contribution in [3.8, 4) is 0 Å². The Morgan fingerprint density at radius 2 is 2.00 bits per heavy atom. The second-order valence-corrected chi connectivity index (χ2v) is 5.66. The molecular weight excluding hydrogens is 269 g/mol. The van der Waals surface area contributed by atoms with Gasteiger partial charge in [0.2, 0.25) is 0 Å². The Bertz CT molecular complexity index is 717. The first-order valence-corrected chi connectivity index (χ1v) is 6.87. The number of halogens is 1. The number of nitrogens with zero attached hydrogens (tertiary/aromatic N) is 1. The van der Waals surface area contributed by atoms with Gasteiger partial charge in [-0.3, -0.25) is 4.72 Å². The summed E-state index contributed by atoms with van der Waals surface area (Å²) >= 11 is 0. The number of rotatable bonds is 3. The first-order valence-electron chi connectivity index (χ1n) is 5.39. The van der Waals surface area contributed by atoms with Crippen molar-refractivity contribution in [2.45, 2.75) is 11.8 Å². The molecule has 0 radical (unpaired) electrons. The van der Waals surface area contributed by atoms with Crippen molar-refractivity contribution in [2.75, 3.05) is 10.5 Å². The van der Waals surface area contributed by atoms with E-state index in [1.807, 2.05) is 6.92 Å². The SMILES string of the molecule is Cc1ccnc(NS(=O)(=O)c2ccc(F)cc2N)c1. The average molecular weight is 281 g/mol. The Labute approximate surface area is 110 Å². The second kappa shape index (κ2) is 4.85.